The monoisotopic (exact) mass is 306 g/mol. The number of halogens is 2. The first-order valence-electron chi connectivity index (χ1n) is 6.39. The van der Waals surface area contributed by atoms with Gasteiger partial charge in [0, 0.05) is 11.6 Å². The Morgan fingerprint density at radius 1 is 1.09 bits per heavy atom. The van der Waals surface area contributed by atoms with Gasteiger partial charge in [-0.05, 0) is 6.07 Å². The highest BCUT2D eigenvalue weighted by Gasteiger charge is 2.34. The summed E-state index contributed by atoms with van der Waals surface area (Å²) in [6.45, 7) is -0.0872. The van der Waals surface area contributed by atoms with Gasteiger partial charge in [0.05, 0.1) is 13.1 Å². The van der Waals surface area contributed by atoms with E-state index in [9.17, 15) is 13.9 Å². The molecule has 114 valence electrons. The predicted octanol–water partition coefficient (Wildman–Crippen LogP) is 0.736. The van der Waals surface area contributed by atoms with Gasteiger partial charge in [0.25, 0.3) is 0 Å². The van der Waals surface area contributed by atoms with Crippen LogP contribution in [0.25, 0.3) is 0 Å². The average molecular weight is 306 g/mol. The van der Waals surface area contributed by atoms with E-state index in [1.165, 1.54) is 40.6 Å². The molecule has 0 amide bonds. The quantitative estimate of drug-likeness (QED) is 0.752. The Kier molecular flexibility index (Phi) is 3.63. The Hall–Kier alpha value is -2.68. The normalized spacial score (nSPS) is 14.0. The third kappa shape index (κ3) is 2.84. The van der Waals surface area contributed by atoms with Crippen molar-refractivity contribution in [2.24, 2.45) is 0 Å². The molecule has 0 aliphatic heterocycles. The lowest BCUT2D eigenvalue weighted by atomic mass is 9.93. The van der Waals surface area contributed by atoms with Crippen LogP contribution in [0.4, 0.5) is 8.78 Å². The van der Waals surface area contributed by atoms with Crippen LogP contribution in [0, 0.1) is 11.6 Å². The van der Waals surface area contributed by atoms with Crippen molar-refractivity contribution in [1.82, 2.24) is 29.5 Å². The van der Waals surface area contributed by atoms with Crippen LogP contribution in [0.15, 0.2) is 43.5 Å². The van der Waals surface area contributed by atoms with Gasteiger partial charge in [-0.25, -0.2) is 18.4 Å². The molecular formula is C13H12F2N6O. The smallest absolute Gasteiger partial charge is 0.137 e. The second-order valence-corrected chi connectivity index (χ2v) is 4.88. The number of nitrogens with zero attached hydrogens (tertiary/aromatic N) is 6. The Morgan fingerprint density at radius 3 is 2.50 bits per heavy atom. The minimum absolute atomic E-state index is 0.0254. The van der Waals surface area contributed by atoms with Crippen molar-refractivity contribution in [3.8, 4) is 0 Å². The summed E-state index contributed by atoms with van der Waals surface area (Å²) in [7, 11) is 0. The van der Waals surface area contributed by atoms with E-state index in [1.54, 1.807) is 0 Å². The maximum atomic E-state index is 14.1. The molecule has 1 aromatic carbocycles. The van der Waals surface area contributed by atoms with Crippen LogP contribution in [-0.4, -0.2) is 34.6 Å². The van der Waals surface area contributed by atoms with Crippen LogP contribution in [0.3, 0.4) is 0 Å². The number of rotatable bonds is 5. The van der Waals surface area contributed by atoms with Gasteiger partial charge in [0.2, 0.25) is 0 Å². The summed E-state index contributed by atoms with van der Waals surface area (Å²) in [5.74, 6) is -1.55. The van der Waals surface area contributed by atoms with Gasteiger partial charge in [0.1, 0.15) is 42.5 Å². The minimum Gasteiger partial charge on any atom is -0.381 e. The van der Waals surface area contributed by atoms with Crippen molar-refractivity contribution in [3.05, 3.63) is 60.7 Å². The van der Waals surface area contributed by atoms with E-state index in [-0.39, 0.29) is 18.7 Å². The van der Waals surface area contributed by atoms with Crippen molar-refractivity contribution in [3.63, 3.8) is 0 Å². The maximum absolute atomic E-state index is 14.1. The zero-order valence-corrected chi connectivity index (χ0v) is 11.3. The summed E-state index contributed by atoms with van der Waals surface area (Å²) in [6, 6.07) is 3.04. The van der Waals surface area contributed by atoms with Crippen molar-refractivity contribution in [2.45, 2.75) is 18.7 Å². The molecule has 2 heterocycles. The summed E-state index contributed by atoms with van der Waals surface area (Å²) >= 11 is 0. The van der Waals surface area contributed by atoms with Crippen LogP contribution >= 0.6 is 0 Å². The van der Waals surface area contributed by atoms with Gasteiger partial charge in [-0.1, -0.05) is 6.07 Å². The summed E-state index contributed by atoms with van der Waals surface area (Å²) in [5, 5.41) is 22.2. The number of benzene rings is 1. The molecule has 0 saturated heterocycles. The van der Waals surface area contributed by atoms with Gasteiger partial charge in [-0.15, -0.1) is 10.2 Å². The second-order valence-electron chi connectivity index (χ2n) is 4.88. The van der Waals surface area contributed by atoms with Crippen molar-refractivity contribution in [1.29, 1.82) is 0 Å². The Labute approximate surface area is 123 Å². The lowest BCUT2D eigenvalue weighted by Crippen LogP contribution is -2.37. The number of aromatic nitrogens is 6. The van der Waals surface area contributed by atoms with Crippen LogP contribution in [0.5, 0.6) is 0 Å². The van der Waals surface area contributed by atoms with E-state index >= 15 is 0 Å². The first-order chi connectivity index (χ1) is 10.6. The molecule has 0 aliphatic carbocycles. The second kappa shape index (κ2) is 5.60. The van der Waals surface area contributed by atoms with Gasteiger partial charge < -0.3 is 9.67 Å². The Balaban J connectivity index is 2.01. The van der Waals surface area contributed by atoms with Gasteiger partial charge in [0.15, 0.2) is 0 Å². The molecule has 0 aliphatic rings. The van der Waals surface area contributed by atoms with Gasteiger partial charge >= 0.3 is 0 Å². The molecule has 7 nitrogen and oxygen atoms in total. The topological polar surface area (TPSA) is 81.6 Å². The average Bonchev–Trinajstić information content (AvgIpc) is 3.12. The molecule has 2 aromatic heterocycles. The highest BCUT2D eigenvalue weighted by atomic mass is 19.1. The number of hydrogen-bond donors (Lipinski definition) is 1. The molecule has 22 heavy (non-hydrogen) atoms. The fourth-order valence-corrected chi connectivity index (χ4v) is 2.28. The highest BCUT2D eigenvalue weighted by Crippen LogP contribution is 2.28. The third-order valence-corrected chi connectivity index (χ3v) is 3.23. The van der Waals surface area contributed by atoms with E-state index in [1.807, 2.05) is 0 Å². The summed E-state index contributed by atoms with van der Waals surface area (Å²) in [4.78, 5) is 3.79. The van der Waals surface area contributed by atoms with Crippen LogP contribution in [-0.2, 0) is 18.7 Å². The number of hydrogen-bond acceptors (Lipinski definition) is 5. The molecule has 0 bridgehead atoms. The fourth-order valence-electron chi connectivity index (χ4n) is 2.28. The van der Waals surface area contributed by atoms with Crippen molar-refractivity contribution < 1.29 is 13.9 Å². The maximum Gasteiger partial charge on any atom is 0.137 e. The summed E-state index contributed by atoms with van der Waals surface area (Å²) < 4.78 is 30.1. The van der Waals surface area contributed by atoms with E-state index in [0.29, 0.717) is 0 Å². The van der Waals surface area contributed by atoms with E-state index in [0.717, 1.165) is 12.1 Å². The third-order valence-electron chi connectivity index (χ3n) is 3.23. The molecule has 0 unspecified atom stereocenters. The molecular weight excluding hydrogens is 294 g/mol. The largest absolute Gasteiger partial charge is 0.381 e. The van der Waals surface area contributed by atoms with Crippen LogP contribution in [0.2, 0.25) is 0 Å². The zero-order valence-electron chi connectivity index (χ0n) is 11.3. The van der Waals surface area contributed by atoms with E-state index in [2.05, 4.69) is 20.3 Å². The summed E-state index contributed by atoms with van der Waals surface area (Å²) in [6.07, 6.45) is 5.50. The SMILES string of the molecule is O[C@](Cn1cnnc1)(Cn1cncn1)c1ccc(F)cc1F. The molecule has 0 fully saturated rings. The van der Waals surface area contributed by atoms with E-state index in [4.69, 9.17) is 0 Å². The predicted molar refractivity (Wildman–Crippen MR) is 70.3 cm³/mol. The molecule has 1 atom stereocenters. The molecule has 3 aromatic rings. The van der Waals surface area contributed by atoms with Crippen LogP contribution < -0.4 is 0 Å². The van der Waals surface area contributed by atoms with Gasteiger partial charge in [-0.3, -0.25) is 0 Å². The van der Waals surface area contributed by atoms with Crippen molar-refractivity contribution >= 4 is 0 Å². The number of aliphatic hydroxyl groups is 1. The standard InChI is InChI=1S/C13H12F2N6O/c14-10-1-2-11(12(15)3-10)13(22,4-20-8-17-18-9-20)5-21-7-16-6-19-21/h1-3,6-9,22H,4-5H2/t13-/m1/s1. The van der Waals surface area contributed by atoms with E-state index < -0.39 is 17.2 Å². The first-order valence-corrected chi connectivity index (χ1v) is 6.39. The molecule has 0 saturated carbocycles. The first kappa shape index (κ1) is 14.3. The molecule has 0 radical (unpaired) electrons. The lowest BCUT2D eigenvalue weighted by Gasteiger charge is -2.29. The lowest BCUT2D eigenvalue weighted by molar-refractivity contribution is -0.00554. The molecule has 3 rings (SSSR count). The Bertz CT molecular complexity index is 708. The fraction of sp³-hybridized carbons (Fsp3) is 0.231. The van der Waals surface area contributed by atoms with Gasteiger partial charge in [-0.2, -0.15) is 5.10 Å². The molecule has 1 N–H and O–H groups in total. The Morgan fingerprint density at radius 2 is 1.86 bits per heavy atom. The minimum atomic E-state index is -1.67. The molecule has 0 spiro atoms. The highest BCUT2D eigenvalue weighted by molar-refractivity contribution is 5.25. The molecule has 9 heteroatoms. The van der Waals surface area contributed by atoms with Crippen LogP contribution in [0.1, 0.15) is 5.56 Å². The zero-order chi connectivity index (χ0) is 15.6. The van der Waals surface area contributed by atoms with Crippen molar-refractivity contribution in [2.75, 3.05) is 0 Å². The summed E-state index contributed by atoms with van der Waals surface area (Å²) in [5.41, 5.74) is -1.72.